The number of nitrogens with one attached hydrogen (secondary N) is 1. The Kier molecular flexibility index (Phi) is 7.88. The van der Waals surface area contributed by atoms with E-state index in [2.05, 4.69) is 15.0 Å². The highest BCUT2D eigenvalue weighted by atomic mass is 19.1. The third-order valence-electron chi connectivity index (χ3n) is 3.98. The van der Waals surface area contributed by atoms with Crippen LogP contribution in [0.2, 0.25) is 0 Å². The van der Waals surface area contributed by atoms with E-state index in [0.29, 0.717) is 17.9 Å². The lowest BCUT2D eigenvalue weighted by Crippen LogP contribution is -2.27. The smallest absolute Gasteiger partial charge is 0.356 e. The first-order valence-electron chi connectivity index (χ1n) is 8.73. The third-order valence-corrected chi connectivity index (χ3v) is 3.98. The minimum atomic E-state index is -0.540. The van der Waals surface area contributed by atoms with Crippen molar-refractivity contribution in [2.75, 3.05) is 19.5 Å². The summed E-state index contributed by atoms with van der Waals surface area (Å²) < 4.78 is 27.1. The first kappa shape index (κ1) is 21.3. The second-order valence-electron chi connectivity index (χ2n) is 6.08. The van der Waals surface area contributed by atoms with Crippen LogP contribution in [-0.2, 0) is 14.3 Å². The summed E-state index contributed by atoms with van der Waals surface area (Å²) in [5.74, 6) is -0.461. The molecule has 1 fully saturated rings. The van der Waals surface area contributed by atoms with E-state index in [1.807, 2.05) is 6.92 Å². The lowest BCUT2D eigenvalue weighted by atomic mass is 10.2. The van der Waals surface area contributed by atoms with Gasteiger partial charge in [-0.05, 0) is 44.0 Å². The Bertz CT molecular complexity index is 815. The Morgan fingerprint density at radius 2 is 2.00 bits per heavy atom. The van der Waals surface area contributed by atoms with E-state index in [9.17, 15) is 14.0 Å². The third kappa shape index (κ3) is 6.31. The van der Waals surface area contributed by atoms with E-state index < -0.39 is 12.1 Å². The Labute approximate surface area is 162 Å². The van der Waals surface area contributed by atoms with Crippen molar-refractivity contribution in [3.63, 3.8) is 0 Å². The van der Waals surface area contributed by atoms with Gasteiger partial charge in [0.25, 0.3) is 5.91 Å². The first-order valence-corrected chi connectivity index (χ1v) is 8.73. The molecular formula is C20H23FN2O5. The zero-order valence-electron chi connectivity index (χ0n) is 16.0. The minimum Gasteiger partial charge on any atom is -0.497 e. The van der Waals surface area contributed by atoms with E-state index in [4.69, 9.17) is 9.47 Å². The molecule has 0 radical (unpaired) electrons. The van der Waals surface area contributed by atoms with Gasteiger partial charge in [-0.25, -0.2) is 14.2 Å². The van der Waals surface area contributed by atoms with Gasteiger partial charge in [-0.1, -0.05) is 6.07 Å². The Morgan fingerprint density at radius 1 is 1.21 bits per heavy atom. The van der Waals surface area contributed by atoms with Crippen LogP contribution in [0.3, 0.4) is 0 Å². The number of aromatic nitrogens is 1. The molecule has 3 rings (SSSR count). The predicted molar refractivity (Wildman–Crippen MR) is 101 cm³/mol. The maximum absolute atomic E-state index is 12.3. The monoisotopic (exact) mass is 390 g/mol. The highest BCUT2D eigenvalue weighted by molar-refractivity contribution is 5.95. The normalized spacial score (nSPS) is 17.9. The van der Waals surface area contributed by atoms with Gasteiger partial charge in [-0.3, -0.25) is 4.79 Å². The molecule has 2 atom stereocenters. The number of carbonyl (C=O) groups excluding carboxylic acids is 2. The van der Waals surface area contributed by atoms with Gasteiger partial charge in [0.2, 0.25) is 0 Å². The SMILES string of the molecule is COC(=O)c1cc(NC(=O)C2CCC(C)O2)ccn1.COc1cccc(F)c1. The van der Waals surface area contributed by atoms with Crippen LogP contribution in [0.1, 0.15) is 30.3 Å². The van der Waals surface area contributed by atoms with Gasteiger partial charge < -0.3 is 19.5 Å². The van der Waals surface area contributed by atoms with Gasteiger partial charge in [0.1, 0.15) is 23.4 Å². The highest BCUT2D eigenvalue weighted by Gasteiger charge is 2.28. The number of anilines is 1. The fraction of sp³-hybridized carbons (Fsp3) is 0.350. The molecule has 2 aromatic rings. The molecule has 150 valence electrons. The van der Waals surface area contributed by atoms with E-state index in [0.717, 1.165) is 6.42 Å². The fourth-order valence-corrected chi connectivity index (χ4v) is 2.54. The zero-order chi connectivity index (χ0) is 20.5. The number of pyridine rings is 1. The van der Waals surface area contributed by atoms with Crippen LogP contribution in [0.4, 0.5) is 10.1 Å². The summed E-state index contributed by atoms with van der Waals surface area (Å²) in [6.07, 6.45) is 2.72. The van der Waals surface area contributed by atoms with Gasteiger partial charge >= 0.3 is 5.97 Å². The summed E-state index contributed by atoms with van der Waals surface area (Å²) in [6, 6.07) is 9.10. The van der Waals surface area contributed by atoms with Crippen molar-refractivity contribution in [3.8, 4) is 5.75 Å². The average molecular weight is 390 g/mol. The van der Waals surface area contributed by atoms with Crippen LogP contribution in [0.15, 0.2) is 42.6 Å². The number of rotatable bonds is 4. The molecular weight excluding hydrogens is 367 g/mol. The molecule has 0 spiro atoms. The topological polar surface area (TPSA) is 86.8 Å². The van der Waals surface area contributed by atoms with Crippen LogP contribution < -0.4 is 10.1 Å². The average Bonchev–Trinajstić information content (AvgIpc) is 3.14. The number of amides is 1. The number of methoxy groups -OCH3 is 2. The molecule has 0 bridgehead atoms. The lowest BCUT2D eigenvalue weighted by Gasteiger charge is -2.11. The van der Waals surface area contributed by atoms with Crippen molar-refractivity contribution < 1.29 is 28.2 Å². The molecule has 28 heavy (non-hydrogen) atoms. The summed E-state index contributed by atoms with van der Waals surface area (Å²) >= 11 is 0. The van der Waals surface area contributed by atoms with E-state index in [-0.39, 0.29) is 23.5 Å². The summed E-state index contributed by atoms with van der Waals surface area (Å²) in [5, 5.41) is 2.71. The standard InChI is InChI=1S/C13H16N2O4.C7H7FO/c1-8-3-4-11(19-8)12(16)15-9-5-6-14-10(7-9)13(17)18-2;1-9-7-4-2-3-6(8)5-7/h5-8,11H,3-4H2,1-2H3,(H,14,15,16);2-5H,1H3. The molecule has 1 N–H and O–H groups in total. The number of halogens is 1. The van der Waals surface area contributed by atoms with E-state index >= 15 is 0 Å². The van der Waals surface area contributed by atoms with Gasteiger partial charge in [0.05, 0.1) is 20.3 Å². The van der Waals surface area contributed by atoms with Crippen molar-refractivity contribution in [2.45, 2.75) is 32.0 Å². The minimum absolute atomic E-state index is 0.110. The number of carbonyl (C=O) groups is 2. The maximum Gasteiger partial charge on any atom is 0.356 e. The Balaban J connectivity index is 0.000000261. The summed E-state index contributed by atoms with van der Waals surface area (Å²) in [4.78, 5) is 27.1. The molecule has 1 aliphatic rings. The molecule has 2 unspecified atom stereocenters. The summed E-state index contributed by atoms with van der Waals surface area (Å²) in [5.41, 5.74) is 0.657. The first-order chi connectivity index (χ1) is 13.4. The Hall–Kier alpha value is -3.00. The van der Waals surface area contributed by atoms with Crippen LogP contribution >= 0.6 is 0 Å². The molecule has 1 aliphatic heterocycles. The number of esters is 1. The molecule has 1 aromatic carbocycles. The number of nitrogens with zero attached hydrogens (tertiary/aromatic N) is 1. The molecule has 7 nitrogen and oxygen atoms in total. The van der Waals surface area contributed by atoms with Crippen LogP contribution in [0.25, 0.3) is 0 Å². The quantitative estimate of drug-likeness (QED) is 0.807. The number of ether oxygens (including phenoxy) is 3. The second-order valence-corrected chi connectivity index (χ2v) is 6.08. The Morgan fingerprint density at radius 3 is 2.57 bits per heavy atom. The fourth-order valence-electron chi connectivity index (χ4n) is 2.54. The molecule has 8 heteroatoms. The predicted octanol–water partition coefficient (Wildman–Crippen LogP) is 3.21. The lowest BCUT2D eigenvalue weighted by molar-refractivity contribution is -0.126. The molecule has 1 aromatic heterocycles. The maximum atomic E-state index is 12.3. The molecule has 0 saturated carbocycles. The molecule has 1 saturated heterocycles. The van der Waals surface area contributed by atoms with Gasteiger partial charge in [-0.2, -0.15) is 0 Å². The van der Waals surface area contributed by atoms with Gasteiger partial charge in [0.15, 0.2) is 0 Å². The van der Waals surface area contributed by atoms with Crippen molar-refractivity contribution >= 4 is 17.6 Å². The van der Waals surface area contributed by atoms with Crippen molar-refractivity contribution in [3.05, 3.63) is 54.1 Å². The summed E-state index contributed by atoms with van der Waals surface area (Å²) in [6.45, 7) is 1.94. The summed E-state index contributed by atoms with van der Waals surface area (Å²) in [7, 11) is 2.79. The molecule has 2 heterocycles. The molecule has 1 amide bonds. The van der Waals surface area contributed by atoms with Crippen molar-refractivity contribution in [2.24, 2.45) is 0 Å². The van der Waals surface area contributed by atoms with E-state index in [1.54, 1.807) is 18.2 Å². The van der Waals surface area contributed by atoms with Crippen molar-refractivity contribution in [1.29, 1.82) is 0 Å². The van der Waals surface area contributed by atoms with Crippen LogP contribution in [-0.4, -0.2) is 43.3 Å². The van der Waals surface area contributed by atoms with Gasteiger partial charge in [-0.15, -0.1) is 0 Å². The number of hydrogen-bond acceptors (Lipinski definition) is 6. The molecule has 0 aliphatic carbocycles. The van der Waals surface area contributed by atoms with Crippen molar-refractivity contribution in [1.82, 2.24) is 4.98 Å². The zero-order valence-corrected chi connectivity index (χ0v) is 16.0. The second kappa shape index (κ2) is 10.4. The van der Waals surface area contributed by atoms with Crippen LogP contribution in [0.5, 0.6) is 5.75 Å². The van der Waals surface area contributed by atoms with Crippen LogP contribution in [0, 0.1) is 5.82 Å². The number of benzene rings is 1. The van der Waals surface area contributed by atoms with E-state index in [1.165, 1.54) is 38.6 Å². The number of hydrogen-bond donors (Lipinski definition) is 1. The largest absolute Gasteiger partial charge is 0.497 e. The highest BCUT2D eigenvalue weighted by Crippen LogP contribution is 2.20. The van der Waals surface area contributed by atoms with Gasteiger partial charge in [0, 0.05) is 18.0 Å².